The van der Waals surface area contributed by atoms with E-state index in [1.54, 1.807) is 0 Å². The molecule has 4 unspecified atom stereocenters. The van der Waals surface area contributed by atoms with E-state index in [2.05, 4.69) is 55.4 Å². The van der Waals surface area contributed by atoms with Crippen molar-refractivity contribution in [2.24, 2.45) is 23.7 Å². The van der Waals surface area contributed by atoms with Gasteiger partial charge in [-0.15, -0.1) is 0 Å². The summed E-state index contributed by atoms with van der Waals surface area (Å²) in [5.41, 5.74) is 0. The topological polar surface area (TPSA) is 237 Å². The zero-order valence-corrected chi connectivity index (χ0v) is 61.3. The van der Waals surface area contributed by atoms with Crippen LogP contribution >= 0.6 is 15.6 Å². The third-order valence-corrected chi connectivity index (χ3v) is 19.2. The van der Waals surface area contributed by atoms with Gasteiger partial charge in [-0.3, -0.25) is 37.3 Å². The molecular formula is C72H140O17P2. The number of phosphoric acid groups is 2. The molecule has 0 saturated carbocycles. The van der Waals surface area contributed by atoms with Crippen molar-refractivity contribution in [1.82, 2.24) is 0 Å². The predicted molar refractivity (Wildman–Crippen MR) is 367 cm³/mol. The Bertz CT molecular complexity index is 1800. The number of rotatable bonds is 69. The monoisotopic (exact) mass is 1340 g/mol. The number of hydrogen-bond acceptors (Lipinski definition) is 15. The second kappa shape index (κ2) is 61.6. The summed E-state index contributed by atoms with van der Waals surface area (Å²) in [7, 11) is -9.90. The number of carbonyl (C=O) groups excluding carboxylic acids is 4. The zero-order valence-electron chi connectivity index (χ0n) is 59.5. The van der Waals surface area contributed by atoms with Gasteiger partial charge in [-0.1, -0.05) is 306 Å². The van der Waals surface area contributed by atoms with Crippen LogP contribution in [0, 0.1) is 23.7 Å². The molecule has 17 nitrogen and oxygen atoms in total. The Balaban J connectivity index is 5.20. The minimum absolute atomic E-state index is 0.102. The lowest BCUT2D eigenvalue weighted by Crippen LogP contribution is -2.30. The average molecular weight is 1340 g/mol. The first-order valence-corrected chi connectivity index (χ1v) is 40.3. The minimum Gasteiger partial charge on any atom is -0.462 e. The molecule has 19 heteroatoms. The number of carbonyl (C=O) groups is 4. The van der Waals surface area contributed by atoms with E-state index >= 15 is 0 Å². The number of aliphatic hydroxyl groups is 1. The van der Waals surface area contributed by atoms with Crippen LogP contribution in [-0.2, 0) is 65.4 Å². The number of ether oxygens (including phenoxy) is 4. The van der Waals surface area contributed by atoms with Crippen molar-refractivity contribution < 1.29 is 80.2 Å². The van der Waals surface area contributed by atoms with Crippen molar-refractivity contribution in [1.29, 1.82) is 0 Å². The Kier molecular flexibility index (Phi) is 60.3. The normalized spacial score (nSPS) is 14.8. The van der Waals surface area contributed by atoms with Crippen molar-refractivity contribution in [3.8, 4) is 0 Å². The molecule has 0 aromatic rings. The molecule has 0 radical (unpaired) electrons. The van der Waals surface area contributed by atoms with Crippen LogP contribution in [0.5, 0.6) is 0 Å². The first-order valence-electron chi connectivity index (χ1n) is 37.3. The first-order chi connectivity index (χ1) is 43.7. The highest BCUT2D eigenvalue weighted by Crippen LogP contribution is 2.45. The third kappa shape index (κ3) is 63.9. The van der Waals surface area contributed by atoms with Gasteiger partial charge in [0.25, 0.3) is 0 Å². The summed E-state index contributed by atoms with van der Waals surface area (Å²) in [5.74, 6) is 0.885. The maximum absolute atomic E-state index is 13.0. The van der Waals surface area contributed by atoms with Crippen LogP contribution in [0.25, 0.3) is 0 Å². The summed E-state index contributed by atoms with van der Waals surface area (Å²) in [6.07, 6.45) is 44.6. The number of esters is 4. The molecule has 7 atom stereocenters. The minimum atomic E-state index is -4.95. The Morgan fingerprint density at radius 1 is 0.308 bits per heavy atom. The molecule has 0 aromatic heterocycles. The van der Waals surface area contributed by atoms with Crippen LogP contribution in [0.15, 0.2) is 0 Å². The van der Waals surface area contributed by atoms with Crippen LogP contribution in [-0.4, -0.2) is 96.7 Å². The second-order valence-corrected chi connectivity index (χ2v) is 30.3. The summed E-state index contributed by atoms with van der Waals surface area (Å²) in [6.45, 7) is 14.1. The Labute approximate surface area is 556 Å². The zero-order chi connectivity index (χ0) is 67.5. The third-order valence-electron chi connectivity index (χ3n) is 17.3. The molecule has 0 fully saturated rings. The van der Waals surface area contributed by atoms with Crippen LogP contribution in [0.3, 0.4) is 0 Å². The molecule has 0 aliphatic rings. The molecule has 0 spiro atoms. The summed E-state index contributed by atoms with van der Waals surface area (Å²) in [5, 5.41) is 10.6. The maximum Gasteiger partial charge on any atom is 0.472 e. The smallest absolute Gasteiger partial charge is 0.462 e. The van der Waals surface area contributed by atoms with Gasteiger partial charge in [-0.25, -0.2) is 9.13 Å². The van der Waals surface area contributed by atoms with Gasteiger partial charge >= 0.3 is 39.5 Å². The van der Waals surface area contributed by atoms with E-state index in [1.165, 1.54) is 154 Å². The second-order valence-electron chi connectivity index (χ2n) is 27.4. The Hall–Kier alpha value is -1.94. The van der Waals surface area contributed by atoms with Gasteiger partial charge in [0.15, 0.2) is 12.2 Å². The van der Waals surface area contributed by atoms with Gasteiger partial charge in [0.2, 0.25) is 0 Å². The summed E-state index contributed by atoms with van der Waals surface area (Å²) in [4.78, 5) is 72.6. The molecule has 0 rings (SSSR count). The fourth-order valence-corrected chi connectivity index (χ4v) is 12.4. The van der Waals surface area contributed by atoms with Crippen molar-refractivity contribution in [2.75, 3.05) is 39.6 Å². The molecule has 0 aliphatic carbocycles. The van der Waals surface area contributed by atoms with Crippen molar-refractivity contribution in [2.45, 2.75) is 375 Å². The molecule has 91 heavy (non-hydrogen) atoms. The quantitative estimate of drug-likeness (QED) is 0.0222. The first kappa shape index (κ1) is 89.1. The van der Waals surface area contributed by atoms with E-state index in [1.807, 2.05) is 0 Å². The fourth-order valence-electron chi connectivity index (χ4n) is 10.8. The molecular weight excluding hydrogens is 1200 g/mol. The van der Waals surface area contributed by atoms with Gasteiger partial charge in [0, 0.05) is 25.7 Å². The standard InChI is InChI=1S/C72H140O17P2/c1-9-64(7)50-42-34-25-21-17-13-11-12-14-18-23-27-38-46-54-71(76)88-67(59-83-70(75)53-45-37-31-29-35-43-51-65(8)10-2)60-86-90(78,79)84-56-66(73)57-85-91(80,81)87-61-68(89-72(77)55-47-39-30-28-33-41-49-63(5)6)58-82-69(74)52-44-36-26-22-19-15-16-20-24-32-40-48-62(3)4/h62-68,73H,9-61H2,1-8H3,(H,78,79)(H,80,81)/t64?,65?,66-,67+,68+/m0/s1. The lowest BCUT2D eigenvalue weighted by atomic mass is 9.99. The molecule has 0 heterocycles. The Morgan fingerprint density at radius 2 is 0.527 bits per heavy atom. The SMILES string of the molecule is CCC(C)CCCCCCCCCCCCCCCCC(=O)O[C@H](COC(=O)CCCCCCCCC(C)CC)COP(=O)(O)OC[C@H](O)COP(=O)(O)OC[C@@H](COC(=O)CCCCCCCCCCCCCC(C)C)OC(=O)CCCCCCCCC(C)C. The highest BCUT2D eigenvalue weighted by molar-refractivity contribution is 7.47. The van der Waals surface area contributed by atoms with E-state index in [4.69, 9.17) is 37.0 Å². The fraction of sp³-hybridized carbons (Fsp3) is 0.944. The summed E-state index contributed by atoms with van der Waals surface area (Å²) >= 11 is 0. The molecule has 0 aromatic carbocycles. The largest absolute Gasteiger partial charge is 0.472 e. The predicted octanol–water partition coefficient (Wildman–Crippen LogP) is 20.5. The van der Waals surface area contributed by atoms with Gasteiger partial charge in [0.05, 0.1) is 26.4 Å². The van der Waals surface area contributed by atoms with Crippen LogP contribution in [0.2, 0.25) is 0 Å². The molecule has 0 bridgehead atoms. The molecule has 0 aliphatic heterocycles. The maximum atomic E-state index is 13.0. The van der Waals surface area contributed by atoms with Crippen molar-refractivity contribution in [3.05, 3.63) is 0 Å². The van der Waals surface area contributed by atoms with Crippen molar-refractivity contribution in [3.63, 3.8) is 0 Å². The number of aliphatic hydroxyl groups excluding tert-OH is 1. The molecule has 3 N–H and O–H groups in total. The van der Waals surface area contributed by atoms with E-state index in [9.17, 15) is 43.2 Å². The number of phosphoric ester groups is 2. The van der Waals surface area contributed by atoms with Gasteiger partial charge in [-0.2, -0.15) is 0 Å². The van der Waals surface area contributed by atoms with Crippen LogP contribution in [0.1, 0.15) is 357 Å². The molecule has 0 saturated heterocycles. The lowest BCUT2D eigenvalue weighted by molar-refractivity contribution is -0.161. The summed E-state index contributed by atoms with van der Waals surface area (Å²) < 4.78 is 68.3. The number of hydrogen-bond donors (Lipinski definition) is 3. The van der Waals surface area contributed by atoms with E-state index in [0.717, 1.165) is 114 Å². The van der Waals surface area contributed by atoms with E-state index < -0.39 is 97.5 Å². The molecule has 0 amide bonds. The van der Waals surface area contributed by atoms with Crippen molar-refractivity contribution >= 4 is 39.5 Å². The van der Waals surface area contributed by atoms with E-state index in [-0.39, 0.29) is 25.7 Å². The van der Waals surface area contributed by atoms with Crippen LogP contribution < -0.4 is 0 Å². The van der Waals surface area contributed by atoms with Gasteiger partial charge in [0.1, 0.15) is 19.3 Å². The Morgan fingerprint density at radius 3 is 0.780 bits per heavy atom. The number of unbranched alkanes of at least 4 members (excludes halogenated alkanes) is 33. The highest BCUT2D eigenvalue weighted by atomic mass is 31.2. The van der Waals surface area contributed by atoms with Crippen LogP contribution in [0.4, 0.5) is 0 Å². The summed E-state index contributed by atoms with van der Waals surface area (Å²) in [6, 6.07) is 0. The van der Waals surface area contributed by atoms with Gasteiger partial charge in [-0.05, 0) is 49.4 Å². The highest BCUT2D eigenvalue weighted by Gasteiger charge is 2.30. The average Bonchev–Trinajstić information content (AvgIpc) is 2.94. The molecule has 540 valence electrons. The van der Waals surface area contributed by atoms with E-state index in [0.29, 0.717) is 31.6 Å². The lowest BCUT2D eigenvalue weighted by Gasteiger charge is -2.21. The van der Waals surface area contributed by atoms with Gasteiger partial charge < -0.3 is 33.8 Å².